The first kappa shape index (κ1) is 14.7. The van der Waals surface area contributed by atoms with Gasteiger partial charge in [-0.2, -0.15) is 0 Å². The summed E-state index contributed by atoms with van der Waals surface area (Å²) in [6, 6.07) is 1.46. The van der Waals surface area contributed by atoms with E-state index in [1.807, 2.05) is 0 Å². The first-order valence-corrected chi connectivity index (χ1v) is 9.04. The van der Waals surface area contributed by atoms with Crippen LogP contribution in [0.4, 0.5) is 0 Å². The lowest BCUT2D eigenvalue weighted by Crippen LogP contribution is -2.51. The summed E-state index contributed by atoms with van der Waals surface area (Å²) in [6.07, 6.45) is 3.61. The zero-order valence-electron chi connectivity index (χ0n) is 9.58. The minimum atomic E-state index is -3.54. The van der Waals surface area contributed by atoms with Crippen LogP contribution in [0, 0.1) is 0 Å². The SMILES string of the molecule is NCC1(NS(=O)(=O)c2cc(Cl)c(Br)s2)CCCC1. The van der Waals surface area contributed by atoms with Crippen LogP contribution in [0.3, 0.4) is 0 Å². The van der Waals surface area contributed by atoms with Gasteiger partial charge in [-0.15, -0.1) is 11.3 Å². The molecule has 0 atom stereocenters. The zero-order valence-corrected chi connectivity index (χ0v) is 13.6. The molecule has 0 spiro atoms. The monoisotopic (exact) mass is 372 g/mol. The standard InChI is InChI=1S/C10H14BrClN2O2S2/c11-9-7(12)5-8(17-9)18(15,16)14-10(6-13)3-1-2-4-10/h5,14H,1-4,6,13H2. The van der Waals surface area contributed by atoms with Gasteiger partial charge < -0.3 is 5.73 Å². The fourth-order valence-corrected chi connectivity index (χ4v) is 6.06. The van der Waals surface area contributed by atoms with Crippen LogP contribution in [0.1, 0.15) is 25.7 Å². The summed E-state index contributed by atoms with van der Waals surface area (Å²) in [7, 11) is -3.54. The minimum absolute atomic E-state index is 0.221. The second-order valence-electron chi connectivity index (χ2n) is 4.48. The first-order valence-electron chi connectivity index (χ1n) is 5.57. The maximum Gasteiger partial charge on any atom is 0.250 e. The van der Waals surface area contributed by atoms with Gasteiger partial charge in [0.05, 0.1) is 8.81 Å². The Labute approximate surface area is 124 Å². The van der Waals surface area contributed by atoms with Gasteiger partial charge in [0.25, 0.3) is 10.0 Å². The Hall–Kier alpha value is 0.340. The topological polar surface area (TPSA) is 72.2 Å². The third-order valence-electron chi connectivity index (χ3n) is 3.19. The van der Waals surface area contributed by atoms with Crippen LogP contribution in [0.15, 0.2) is 14.1 Å². The van der Waals surface area contributed by atoms with E-state index in [1.165, 1.54) is 6.07 Å². The van der Waals surface area contributed by atoms with Crippen molar-refractivity contribution in [2.45, 2.75) is 35.4 Å². The van der Waals surface area contributed by atoms with Crippen molar-refractivity contribution in [1.29, 1.82) is 0 Å². The number of halogens is 2. The molecule has 0 aromatic carbocycles. The largest absolute Gasteiger partial charge is 0.329 e. The van der Waals surface area contributed by atoms with Crippen molar-refractivity contribution < 1.29 is 8.42 Å². The maximum absolute atomic E-state index is 12.3. The molecule has 102 valence electrons. The molecule has 18 heavy (non-hydrogen) atoms. The van der Waals surface area contributed by atoms with Crippen LogP contribution < -0.4 is 10.5 Å². The summed E-state index contributed by atoms with van der Waals surface area (Å²) in [5.41, 5.74) is 5.25. The van der Waals surface area contributed by atoms with Gasteiger partial charge in [0, 0.05) is 12.1 Å². The van der Waals surface area contributed by atoms with E-state index >= 15 is 0 Å². The molecule has 0 unspecified atom stereocenters. The van der Waals surface area contributed by atoms with Crippen LogP contribution in [-0.4, -0.2) is 20.5 Å². The zero-order chi connectivity index (χ0) is 13.4. The summed E-state index contributed by atoms with van der Waals surface area (Å²) < 4.78 is 28.2. The summed E-state index contributed by atoms with van der Waals surface area (Å²) >= 11 is 10.2. The van der Waals surface area contributed by atoms with Crippen LogP contribution in [0.25, 0.3) is 0 Å². The predicted molar refractivity (Wildman–Crippen MR) is 77.6 cm³/mol. The number of nitrogens with one attached hydrogen (secondary N) is 1. The van der Waals surface area contributed by atoms with Crippen molar-refractivity contribution in [1.82, 2.24) is 4.72 Å². The lowest BCUT2D eigenvalue weighted by molar-refractivity contribution is 0.400. The van der Waals surface area contributed by atoms with Gasteiger partial charge in [-0.1, -0.05) is 24.4 Å². The highest BCUT2D eigenvalue weighted by Crippen LogP contribution is 2.36. The van der Waals surface area contributed by atoms with E-state index in [-0.39, 0.29) is 4.21 Å². The Bertz CT molecular complexity index is 519. The highest BCUT2D eigenvalue weighted by atomic mass is 79.9. The fourth-order valence-electron chi connectivity index (χ4n) is 2.19. The van der Waals surface area contributed by atoms with E-state index in [2.05, 4.69) is 20.7 Å². The van der Waals surface area contributed by atoms with E-state index in [1.54, 1.807) is 0 Å². The molecule has 1 aliphatic carbocycles. The van der Waals surface area contributed by atoms with Crippen molar-refractivity contribution in [2.75, 3.05) is 6.54 Å². The van der Waals surface area contributed by atoms with E-state index in [9.17, 15) is 8.42 Å². The summed E-state index contributed by atoms with van der Waals surface area (Å²) in [5.74, 6) is 0. The van der Waals surface area contributed by atoms with Crippen LogP contribution in [0.2, 0.25) is 5.02 Å². The molecule has 1 aliphatic rings. The van der Waals surface area contributed by atoms with E-state index in [4.69, 9.17) is 17.3 Å². The van der Waals surface area contributed by atoms with E-state index in [0.29, 0.717) is 15.4 Å². The molecule has 8 heteroatoms. The van der Waals surface area contributed by atoms with Crippen LogP contribution in [-0.2, 0) is 10.0 Å². The van der Waals surface area contributed by atoms with Crippen molar-refractivity contribution in [3.05, 3.63) is 14.9 Å². The number of thiophene rings is 1. The molecule has 1 aromatic rings. The second-order valence-corrected chi connectivity index (χ2v) is 9.17. The molecule has 0 radical (unpaired) electrons. The minimum Gasteiger partial charge on any atom is -0.329 e. The average Bonchev–Trinajstić information content (AvgIpc) is 2.88. The molecule has 1 heterocycles. The number of rotatable bonds is 4. The van der Waals surface area contributed by atoms with E-state index < -0.39 is 15.6 Å². The number of sulfonamides is 1. The molecule has 0 aliphatic heterocycles. The molecular weight excluding hydrogens is 360 g/mol. The van der Waals surface area contributed by atoms with Crippen molar-refractivity contribution in [2.24, 2.45) is 5.73 Å². The highest BCUT2D eigenvalue weighted by molar-refractivity contribution is 9.11. The number of hydrogen-bond donors (Lipinski definition) is 2. The third kappa shape index (κ3) is 2.91. The van der Waals surface area contributed by atoms with Gasteiger partial charge in [0.2, 0.25) is 0 Å². The molecule has 3 N–H and O–H groups in total. The van der Waals surface area contributed by atoms with Crippen molar-refractivity contribution in [3.63, 3.8) is 0 Å². The van der Waals surface area contributed by atoms with E-state index in [0.717, 1.165) is 37.0 Å². The molecule has 0 bridgehead atoms. The van der Waals surface area contributed by atoms with Crippen LogP contribution in [0.5, 0.6) is 0 Å². The molecule has 1 aromatic heterocycles. The van der Waals surface area contributed by atoms with Gasteiger partial charge in [-0.05, 0) is 34.8 Å². The van der Waals surface area contributed by atoms with Crippen molar-refractivity contribution >= 4 is 48.9 Å². The average molecular weight is 374 g/mol. The molecule has 0 amide bonds. The third-order valence-corrected chi connectivity index (χ3v) is 7.72. The Morgan fingerprint density at radius 1 is 1.50 bits per heavy atom. The predicted octanol–water partition coefficient (Wildman–Crippen LogP) is 2.71. The summed E-state index contributed by atoms with van der Waals surface area (Å²) in [5, 5.41) is 0.411. The molecule has 1 fully saturated rings. The Morgan fingerprint density at radius 3 is 2.56 bits per heavy atom. The quantitative estimate of drug-likeness (QED) is 0.852. The van der Waals surface area contributed by atoms with Gasteiger partial charge in [0.1, 0.15) is 4.21 Å². The summed E-state index contributed by atoms with van der Waals surface area (Å²) in [4.78, 5) is 0. The Kier molecular flexibility index (Phi) is 4.40. The number of nitrogens with two attached hydrogens (primary N) is 1. The Balaban J connectivity index is 2.26. The molecule has 4 nitrogen and oxygen atoms in total. The second kappa shape index (κ2) is 5.38. The summed E-state index contributed by atoms with van der Waals surface area (Å²) in [6.45, 7) is 0.326. The van der Waals surface area contributed by atoms with Gasteiger partial charge >= 0.3 is 0 Å². The van der Waals surface area contributed by atoms with Gasteiger partial charge in [0.15, 0.2) is 0 Å². The Morgan fingerprint density at radius 2 is 2.11 bits per heavy atom. The lowest BCUT2D eigenvalue weighted by atomic mass is 10.0. The van der Waals surface area contributed by atoms with Gasteiger partial charge in [-0.25, -0.2) is 13.1 Å². The normalized spacial score (nSPS) is 19.3. The lowest BCUT2D eigenvalue weighted by Gasteiger charge is -2.27. The molecular formula is C10H14BrClN2O2S2. The maximum atomic E-state index is 12.3. The smallest absolute Gasteiger partial charge is 0.250 e. The highest BCUT2D eigenvalue weighted by Gasteiger charge is 2.37. The molecule has 0 saturated heterocycles. The van der Waals surface area contributed by atoms with Gasteiger partial charge in [-0.3, -0.25) is 0 Å². The molecule has 2 rings (SSSR count). The number of hydrogen-bond acceptors (Lipinski definition) is 4. The van der Waals surface area contributed by atoms with Crippen molar-refractivity contribution in [3.8, 4) is 0 Å². The first-order chi connectivity index (χ1) is 8.38. The van der Waals surface area contributed by atoms with Crippen LogP contribution >= 0.6 is 38.9 Å². The fraction of sp³-hybridized carbons (Fsp3) is 0.600. The molecule has 1 saturated carbocycles.